The maximum atomic E-state index is 12.4. The summed E-state index contributed by atoms with van der Waals surface area (Å²) in [6.07, 6.45) is 5.19. The van der Waals surface area contributed by atoms with E-state index in [-0.39, 0.29) is 6.54 Å². The van der Waals surface area contributed by atoms with Gasteiger partial charge in [-0.25, -0.2) is 8.42 Å². The van der Waals surface area contributed by atoms with Gasteiger partial charge in [-0.3, -0.25) is 0 Å². The summed E-state index contributed by atoms with van der Waals surface area (Å²) in [5.74, 6) is 2.38. The first-order valence-corrected chi connectivity index (χ1v) is 6.88. The lowest BCUT2D eigenvalue weighted by Crippen LogP contribution is -2.31. The summed E-state index contributed by atoms with van der Waals surface area (Å²) in [6, 6.07) is 5.39. The molecule has 0 aliphatic heterocycles. The number of nitrogens with zero attached hydrogens (tertiary/aromatic N) is 1. The van der Waals surface area contributed by atoms with E-state index in [0.717, 1.165) is 11.1 Å². The Morgan fingerprint density at radius 1 is 1.35 bits per heavy atom. The largest absolute Gasteiger partial charge is 0.244 e. The van der Waals surface area contributed by atoms with Crippen LogP contribution in [0.15, 0.2) is 23.1 Å². The quantitative estimate of drug-likeness (QED) is 0.767. The topological polar surface area (TPSA) is 37.4 Å². The van der Waals surface area contributed by atoms with Gasteiger partial charge in [-0.2, -0.15) is 4.31 Å². The molecule has 3 nitrogen and oxygen atoms in total. The molecule has 17 heavy (non-hydrogen) atoms. The molecule has 92 valence electrons. The molecule has 0 spiro atoms. The highest BCUT2D eigenvalue weighted by molar-refractivity contribution is 7.89. The predicted octanol–water partition coefficient (Wildman–Crippen LogP) is 1.95. The summed E-state index contributed by atoms with van der Waals surface area (Å²) in [6.45, 7) is 5.91. The molecule has 0 N–H and O–H groups in total. The SMILES string of the molecule is C#CCN(CC)S(=O)(=O)c1cc(C)ccc1C. The normalized spacial score (nSPS) is 11.5. The average molecular weight is 251 g/mol. The molecule has 0 radical (unpaired) electrons. The zero-order chi connectivity index (χ0) is 13.1. The number of aryl methyl sites for hydroxylation is 2. The summed E-state index contributed by atoms with van der Waals surface area (Å²) in [7, 11) is -3.48. The van der Waals surface area contributed by atoms with Crippen LogP contribution >= 0.6 is 0 Å². The molecule has 1 aromatic carbocycles. The highest BCUT2D eigenvalue weighted by atomic mass is 32.2. The van der Waals surface area contributed by atoms with Gasteiger partial charge in [0.1, 0.15) is 0 Å². The van der Waals surface area contributed by atoms with Gasteiger partial charge >= 0.3 is 0 Å². The lowest BCUT2D eigenvalue weighted by atomic mass is 10.2. The minimum atomic E-state index is -3.48. The predicted molar refractivity (Wildman–Crippen MR) is 69.2 cm³/mol. The van der Waals surface area contributed by atoms with Gasteiger partial charge < -0.3 is 0 Å². The van der Waals surface area contributed by atoms with Gasteiger partial charge in [-0.15, -0.1) is 6.42 Å². The van der Waals surface area contributed by atoms with Crippen LogP contribution in [0.1, 0.15) is 18.1 Å². The van der Waals surface area contributed by atoms with Crippen molar-refractivity contribution >= 4 is 10.0 Å². The fourth-order valence-corrected chi connectivity index (χ4v) is 3.27. The van der Waals surface area contributed by atoms with Gasteiger partial charge in [-0.1, -0.05) is 25.0 Å². The molecule has 0 bridgehead atoms. The van der Waals surface area contributed by atoms with Crippen LogP contribution in [0.4, 0.5) is 0 Å². The van der Waals surface area contributed by atoms with Crippen molar-refractivity contribution in [3.8, 4) is 12.3 Å². The molecule has 0 saturated heterocycles. The van der Waals surface area contributed by atoms with E-state index in [0.29, 0.717) is 11.4 Å². The Labute approximate surface area is 104 Å². The molecule has 0 aromatic heterocycles. The molecule has 0 amide bonds. The van der Waals surface area contributed by atoms with Crippen LogP contribution in [0.5, 0.6) is 0 Å². The molecular weight excluding hydrogens is 234 g/mol. The highest BCUT2D eigenvalue weighted by Crippen LogP contribution is 2.20. The second kappa shape index (κ2) is 5.35. The number of benzene rings is 1. The fraction of sp³-hybridized carbons (Fsp3) is 0.385. The van der Waals surface area contributed by atoms with Crippen molar-refractivity contribution < 1.29 is 8.42 Å². The molecule has 0 saturated carbocycles. The van der Waals surface area contributed by atoms with E-state index in [1.54, 1.807) is 19.9 Å². The van der Waals surface area contributed by atoms with Crippen molar-refractivity contribution in [2.45, 2.75) is 25.7 Å². The van der Waals surface area contributed by atoms with E-state index >= 15 is 0 Å². The molecule has 0 aliphatic rings. The second-order valence-electron chi connectivity index (χ2n) is 3.90. The van der Waals surface area contributed by atoms with Crippen molar-refractivity contribution in [3.63, 3.8) is 0 Å². The Morgan fingerprint density at radius 2 is 2.00 bits per heavy atom. The summed E-state index contributed by atoms with van der Waals surface area (Å²) in [5, 5.41) is 0. The Bertz CT molecular complexity index is 541. The highest BCUT2D eigenvalue weighted by Gasteiger charge is 2.23. The third kappa shape index (κ3) is 2.87. The Kier molecular flexibility index (Phi) is 4.33. The van der Waals surface area contributed by atoms with Gasteiger partial charge in [-0.05, 0) is 31.0 Å². The third-order valence-corrected chi connectivity index (χ3v) is 4.64. The first-order chi connectivity index (χ1) is 7.93. The standard InChI is InChI=1S/C13H17NO2S/c1-5-9-14(6-2)17(15,16)13-10-11(3)7-8-12(13)4/h1,7-8,10H,6,9H2,2-4H3. The van der Waals surface area contributed by atoms with Gasteiger partial charge in [0.15, 0.2) is 0 Å². The number of hydrogen-bond acceptors (Lipinski definition) is 2. The van der Waals surface area contributed by atoms with Crippen LogP contribution in [0.25, 0.3) is 0 Å². The van der Waals surface area contributed by atoms with Crippen molar-refractivity contribution in [2.24, 2.45) is 0 Å². The Hall–Kier alpha value is -1.31. The Balaban J connectivity index is 3.30. The number of rotatable bonds is 4. The fourth-order valence-electron chi connectivity index (χ4n) is 1.59. The van der Waals surface area contributed by atoms with Crippen LogP contribution in [-0.4, -0.2) is 25.8 Å². The summed E-state index contributed by atoms with van der Waals surface area (Å²) < 4.78 is 26.0. The minimum Gasteiger partial charge on any atom is -0.207 e. The Morgan fingerprint density at radius 3 is 2.53 bits per heavy atom. The molecular formula is C13H17NO2S. The van der Waals surface area contributed by atoms with Gasteiger partial charge in [0.25, 0.3) is 0 Å². The summed E-state index contributed by atoms with van der Waals surface area (Å²) in [4.78, 5) is 0.342. The van der Waals surface area contributed by atoms with Crippen molar-refractivity contribution in [3.05, 3.63) is 29.3 Å². The van der Waals surface area contributed by atoms with Crippen molar-refractivity contribution in [1.82, 2.24) is 4.31 Å². The van der Waals surface area contributed by atoms with Crippen LogP contribution < -0.4 is 0 Å². The number of hydrogen-bond donors (Lipinski definition) is 0. The molecule has 4 heteroatoms. The van der Waals surface area contributed by atoms with E-state index in [2.05, 4.69) is 5.92 Å². The zero-order valence-electron chi connectivity index (χ0n) is 10.4. The average Bonchev–Trinajstić information content (AvgIpc) is 2.28. The van der Waals surface area contributed by atoms with Crippen LogP contribution in [0.3, 0.4) is 0 Å². The zero-order valence-corrected chi connectivity index (χ0v) is 11.2. The smallest absolute Gasteiger partial charge is 0.207 e. The lowest BCUT2D eigenvalue weighted by molar-refractivity contribution is 0.463. The van der Waals surface area contributed by atoms with Gasteiger partial charge in [0, 0.05) is 6.54 Å². The first-order valence-electron chi connectivity index (χ1n) is 5.44. The maximum Gasteiger partial charge on any atom is 0.244 e. The van der Waals surface area contributed by atoms with Gasteiger partial charge in [0.2, 0.25) is 10.0 Å². The van der Waals surface area contributed by atoms with Crippen LogP contribution in [0.2, 0.25) is 0 Å². The maximum absolute atomic E-state index is 12.4. The number of sulfonamides is 1. The van der Waals surface area contributed by atoms with Crippen LogP contribution in [0, 0.1) is 26.2 Å². The molecule has 1 rings (SSSR count). The van der Waals surface area contributed by atoms with Crippen molar-refractivity contribution in [2.75, 3.05) is 13.1 Å². The lowest BCUT2D eigenvalue weighted by Gasteiger charge is -2.19. The second-order valence-corrected chi connectivity index (χ2v) is 5.81. The van der Waals surface area contributed by atoms with E-state index in [1.807, 2.05) is 19.1 Å². The molecule has 0 heterocycles. The number of terminal acetylenes is 1. The van der Waals surface area contributed by atoms with E-state index in [9.17, 15) is 8.42 Å². The van der Waals surface area contributed by atoms with E-state index in [4.69, 9.17) is 6.42 Å². The minimum absolute atomic E-state index is 0.103. The molecule has 0 unspecified atom stereocenters. The molecule has 0 fully saturated rings. The van der Waals surface area contributed by atoms with E-state index < -0.39 is 10.0 Å². The van der Waals surface area contributed by atoms with Crippen LogP contribution in [-0.2, 0) is 10.0 Å². The monoisotopic (exact) mass is 251 g/mol. The van der Waals surface area contributed by atoms with E-state index in [1.165, 1.54) is 4.31 Å². The summed E-state index contributed by atoms with van der Waals surface area (Å²) in [5.41, 5.74) is 1.66. The first kappa shape index (κ1) is 13.8. The molecule has 0 atom stereocenters. The van der Waals surface area contributed by atoms with Gasteiger partial charge in [0.05, 0.1) is 11.4 Å². The molecule has 0 aliphatic carbocycles. The van der Waals surface area contributed by atoms with Crippen molar-refractivity contribution in [1.29, 1.82) is 0 Å². The third-order valence-electron chi connectivity index (χ3n) is 2.58. The summed E-state index contributed by atoms with van der Waals surface area (Å²) >= 11 is 0. The molecule has 1 aromatic rings.